The maximum atomic E-state index is 12.4. The molecule has 0 spiro atoms. The van der Waals surface area contributed by atoms with Crippen LogP contribution < -0.4 is 0 Å². The van der Waals surface area contributed by atoms with Crippen molar-refractivity contribution in [3.05, 3.63) is 76.3 Å². The number of allylic oxidation sites excluding steroid dienone is 2. The van der Waals surface area contributed by atoms with Crippen LogP contribution in [0, 0.1) is 0 Å². The molecular formula is C19H14ClNO4. The summed E-state index contributed by atoms with van der Waals surface area (Å²) in [7, 11) is 0. The predicted octanol–water partition coefficient (Wildman–Crippen LogP) is 3.65. The van der Waals surface area contributed by atoms with Crippen LogP contribution in [0.4, 0.5) is 0 Å². The highest BCUT2D eigenvalue weighted by Crippen LogP contribution is 2.29. The zero-order valence-corrected chi connectivity index (χ0v) is 14.1. The van der Waals surface area contributed by atoms with Gasteiger partial charge in [0.2, 0.25) is 17.3 Å². The number of ether oxygens (including phenoxy) is 1. The molecule has 0 bridgehead atoms. The van der Waals surface area contributed by atoms with Gasteiger partial charge in [-0.3, -0.25) is 19.4 Å². The minimum absolute atomic E-state index is 0.0498. The van der Waals surface area contributed by atoms with Crippen LogP contribution in [0.1, 0.15) is 45.7 Å². The van der Waals surface area contributed by atoms with Crippen molar-refractivity contribution in [2.75, 3.05) is 0 Å². The van der Waals surface area contributed by atoms with E-state index in [-0.39, 0.29) is 23.6 Å². The Morgan fingerprint density at radius 2 is 1.84 bits per heavy atom. The van der Waals surface area contributed by atoms with Crippen LogP contribution in [0.2, 0.25) is 0 Å². The molecule has 0 amide bonds. The Morgan fingerprint density at radius 3 is 2.56 bits per heavy atom. The van der Waals surface area contributed by atoms with E-state index < -0.39 is 28.3 Å². The number of halogens is 1. The van der Waals surface area contributed by atoms with Gasteiger partial charge in [-0.15, -0.1) is 0 Å². The molecule has 0 aliphatic heterocycles. The molecule has 0 saturated heterocycles. The third-order valence-corrected chi connectivity index (χ3v) is 4.27. The summed E-state index contributed by atoms with van der Waals surface area (Å²) >= 11 is 5.96. The fourth-order valence-corrected chi connectivity index (χ4v) is 2.82. The summed E-state index contributed by atoms with van der Waals surface area (Å²) in [6.07, 6.45) is 1.44. The summed E-state index contributed by atoms with van der Waals surface area (Å²) < 4.78 is 5.13. The molecule has 1 unspecified atom stereocenters. The topological polar surface area (TPSA) is 73.3 Å². The van der Waals surface area contributed by atoms with Crippen LogP contribution in [-0.2, 0) is 9.53 Å². The van der Waals surface area contributed by atoms with Crippen LogP contribution >= 0.6 is 11.6 Å². The summed E-state index contributed by atoms with van der Waals surface area (Å²) in [5.74, 6) is -2.44. The van der Waals surface area contributed by atoms with Crippen molar-refractivity contribution in [1.29, 1.82) is 0 Å². The van der Waals surface area contributed by atoms with E-state index >= 15 is 0 Å². The first-order valence-electron chi connectivity index (χ1n) is 7.69. The first kappa shape index (κ1) is 17.0. The Labute approximate surface area is 149 Å². The van der Waals surface area contributed by atoms with E-state index in [0.717, 1.165) is 5.56 Å². The minimum atomic E-state index is -0.666. The van der Waals surface area contributed by atoms with Crippen molar-refractivity contribution in [2.24, 2.45) is 0 Å². The number of Topliss-reactive ketones (excluding diaryl/α,β-unsaturated/α-hetero) is 2. The lowest BCUT2D eigenvalue weighted by Gasteiger charge is -2.17. The van der Waals surface area contributed by atoms with Crippen LogP contribution in [0.5, 0.6) is 0 Å². The van der Waals surface area contributed by atoms with E-state index in [0.29, 0.717) is 0 Å². The summed E-state index contributed by atoms with van der Waals surface area (Å²) in [6, 6.07) is 12.4. The fourth-order valence-electron chi connectivity index (χ4n) is 2.59. The molecule has 0 radical (unpaired) electrons. The van der Waals surface area contributed by atoms with Crippen molar-refractivity contribution in [1.82, 2.24) is 4.98 Å². The Morgan fingerprint density at radius 1 is 1.12 bits per heavy atom. The summed E-state index contributed by atoms with van der Waals surface area (Å²) in [5.41, 5.74) is 1.02. The van der Waals surface area contributed by atoms with Crippen molar-refractivity contribution < 1.29 is 19.1 Å². The number of aromatic nitrogens is 1. The van der Waals surface area contributed by atoms with Crippen LogP contribution in [0.25, 0.3) is 0 Å². The van der Waals surface area contributed by atoms with E-state index in [4.69, 9.17) is 16.3 Å². The quantitative estimate of drug-likeness (QED) is 0.783. The smallest absolute Gasteiger partial charge is 0.311 e. The third kappa shape index (κ3) is 3.37. The predicted molar refractivity (Wildman–Crippen MR) is 91.3 cm³/mol. The zero-order chi connectivity index (χ0) is 18.0. The van der Waals surface area contributed by atoms with Gasteiger partial charge >= 0.3 is 5.97 Å². The first-order valence-corrected chi connectivity index (χ1v) is 8.06. The Bertz CT molecular complexity index is 889. The second kappa shape index (κ2) is 6.99. The largest absolute Gasteiger partial charge is 0.420 e. The van der Waals surface area contributed by atoms with Gasteiger partial charge < -0.3 is 4.74 Å². The SMILES string of the molecule is CC(CC(=O)OC1=C(Cl)C(=O)c2cccnc2C1=O)c1ccccc1. The molecule has 6 heteroatoms. The van der Waals surface area contributed by atoms with E-state index in [1.807, 2.05) is 37.3 Å². The number of rotatable bonds is 4. The Kier molecular flexibility index (Phi) is 4.76. The number of carbonyl (C=O) groups is 3. The lowest BCUT2D eigenvalue weighted by atomic mass is 9.97. The molecule has 0 N–H and O–H groups in total. The molecule has 1 aromatic carbocycles. The number of benzene rings is 1. The van der Waals surface area contributed by atoms with E-state index in [9.17, 15) is 14.4 Å². The molecule has 0 fully saturated rings. The number of ketones is 2. The van der Waals surface area contributed by atoms with Gasteiger partial charge in [0.1, 0.15) is 10.7 Å². The lowest BCUT2D eigenvalue weighted by Crippen LogP contribution is -2.24. The summed E-state index contributed by atoms with van der Waals surface area (Å²) in [5, 5.41) is -0.397. The number of hydrogen-bond acceptors (Lipinski definition) is 5. The van der Waals surface area contributed by atoms with Crippen molar-refractivity contribution in [2.45, 2.75) is 19.3 Å². The van der Waals surface area contributed by atoms with Crippen LogP contribution in [0.15, 0.2) is 59.5 Å². The van der Waals surface area contributed by atoms with Gasteiger partial charge in [0, 0.05) is 6.20 Å². The van der Waals surface area contributed by atoms with Crippen molar-refractivity contribution >= 4 is 29.1 Å². The Hall–Kier alpha value is -2.79. The van der Waals surface area contributed by atoms with Gasteiger partial charge in [-0.2, -0.15) is 0 Å². The normalized spacial score (nSPS) is 15.0. The van der Waals surface area contributed by atoms with E-state index in [1.165, 1.54) is 18.3 Å². The maximum absolute atomic E-state index is 12.4. The molecule has 1 aliphatic rings. The van der Waals surface area contributed by atoms with Crippen LogP contribution in [0.3, 0.4) is 0 Å². The molecule has 25 heavy (non-hydrogen) atoms. The highest BCUT2D eigenvalue weighted by molar-refractivity contribution is 6.49. The molecule has 0 saturated carbocycles. The minimum Gasteiger partial charge on any atom is -0.420 e. The van der Waals surface area contributed by atoms with Crippen LogP contribution in [-0.4, -0.2) is 22.5 Å². The molecule has 2 aromatic rings. The molecule has 3 rings (SSSR count). The van der Waals surface area contributed by atoms with Gasteiger partial charge in [-0.1, -0.05) is 48.9 Å². The molecular weight excluding hydrogens is 342 g/mol. The highest BCUT2D eigenvalue weighted by atomic mass is 35.5. The number of esters is 1. The number of carbonyl (C=O) groups excluding carboxylic acids is 3. The number of nitrogens with zero attached hydrogens (tertiary/aromatic N) is 1. The average Bonchev–Trinajstić information content (AvgIpc) is 2.64. The maximum Gasteiger partial charge on any atom is 0.311 e. The van der Waals surface area contributed by atoms with E-state index in [1.54, 1.807) is 0 Å². The second-order valence-corrected chi connectivity index (χ2v) is 6.07. The third-order valence-electron chi connectivity index (χ3n) is 3.93. The van der Waals surface area contributed by atoms with Gasteiger partial charge in [-0.25, -0.2) is 0 Å². The molecule has 5 nitrogen and oxygen atoms in total. The zero-order valence-electron chi connectivity index (χ0n) is 13.4. The van der Waals surface area contributed by atoms with Crippen molar-refractivity contribution in [3.8, 4) is 0 Å². The number of fused-ring (bicyclic) bond motifs is 1. The fraction of sp³-hybridized carbons (Fsp3) is 0.158. The Balaban J connectivity index is 1.78. The molecule has 126 valence electrons. The molecule has 1 heterocycles. The first-order chi connectivity index (χ1) is 12.0. The summed E-state index contributed by atoms with van der Waals surface area (Å²) in [6.45, 7) is 1.87. The number of hydrogen-bond donors (Lipinski definition) is 0. The number of pyridine rings is 1. The van der Waals surface area contributed by atoms with Gasteiger partial charge in [-0.05, 0) is 23.6 Å². The van der Waals surface area contributed by atoms with E-state index in [2.05, 4.69) is 4.98 Å². The monoisotopic (exact) mass is 355 g/mol. The lowest BCUT2D eigenvalue weighted by molar-refractivity contribution is -0.139. The standard InChI is InChI=1S/C19H14ClNO4/c1-11(12-6-3-2-4-7-12)10-14(22)25-19-15(20)17(23)13-8-5-9-21-16(13)18(19)24/h2-9,11H,10H2,1H3. The molecule has 1 aromatic heterocycles. The second-order valence-electron chi connectivity index (χ2n) is 5.69. The highest BCUT2D eigenvalue weighted by Gasteiger charge is 2.35. The summed E-state index contributed by atoms with van der Waals surface area (Å²) in [4.78, 5) is 40.8. The van der Waals surface area contributed by atoms with Crippen molar-refractivity contribution in [3.63, 3.8) is 0 Å². The van der Waals surface area contributed by atoms with Gasteiger partial charge in [0.15, 0.2) is 0 Å². The molecule has 1 atom stereocenters. The van der Waals surface area contributed by atoms with Gasteiger partial charge in [0.25, 0.3) is 0 Å². The average molecular weight is 356 g/mol. The molecule has 1 aliphatic carbocycles. The van der Waals surface area contributed by atoms with Gasteiger partial charge in [0.05, 0.1) is 12.0 Å².